The molecule has 3 aromatic rings. The number of carbonyl (C=O) groups is 1. The van der Waals surface area contributed by atoms with E-state index in [1.165, 1.54) is 6.07 Å². The minimum absolute atomic E-state index is 0.0495. The van der Waals surface area contributed by atoms with Gasteiger partial charge in [0.1, 0.15) is 10.8 Å². The Kier molecular flexibility index (Phi) is 5.59. The highest BCUT2D eigenvalue weighted by molar-refractivity contribution is 8.00. The summed E-state index contributed by atoms with van der Waals surface area (Å²) in [4.78, 5) is 19.8. The summed E-state index contributed by atoms with van der Waals surface area (Å²) in [5, 5.41) is 6.79. The standard InChI is InChI=1S/C18H18F3N5OS/c1-10(2)26-14(8-9-22-26)24-15(27)11(3)28-16-12-6-4-5-7-13(12)23-17(25-16)18(19,20)21/h4-11H,1-3H3,(H,24,27)/t11-/m0/s1. The summed E-state index contributed by atoms with van der Waals surface area (Å²) in [7, 11) is 0. The van der Waals surface area contributed by atoms with Gasteiger partial charge in [-0.2, -0.15) is 18.3 Å². The topological polar surface area (TPSA) is 72.7 Å². The zero-order valence-corrected chi connectivity index (χ0v) is 16.2. The van der Waals surface area contributed by atoms with E-state index in [-0.39, 0.29) is 22.5 Å². The van der Waals surface area contributed by atoms with Crippen molar-refractivity contribution in [3.8, 4) is 0 Å². The fourth-order valence-corrected chi connectivity index (χ4v) is 3.48. The van der Waals surface area contributed by atoms with Gasteiger partial charge in [-0.1, -0.05) is 30.0 Å². The second-order valence-corrected chi connectivity index (χ2v) is 7.70. The van der Waals surface area contributed by atoms with E-state index in [1.807, 2.05) is 13.8 Å². The fourth-order valence-electron chi connectivity index (χ4n) is 2.54. The normalized spacial score (nSPS) is 13.1. The molecule has 0 bridgehead atoms. The molecule has 1 atom stereocenters. The van der Waals surface area contributed by atoms with Crippen LogP contribution in [0.15, 0.2) is 41.6 Å². The fraction of sp³-hybridized carbons (Fsp3) is 0.333. The minimum atomic E-state index is -4.67. The Labute approximate surface area is 163 Å². The molecule has 0 radical (unpaired) electrons. The van der Waals surface area contributed by atoms with Gasteiger partial charge in [0.2, 0.25) is 11.7 Å². The molecule has 0 aliphatic heterocycles. The highest BCUT2D eigenvalue weighted by Crippen LogP contribution is 2.33. The third-order valence-electron chi connectivity index (χ3n) is 3.89. The molecule has 2 aromatic heterocycles. The Hall–Kier alpha value is -2.62. The molecular weight excluding hydrogens is 391 g/mol. The average Bonchev–Trinajstić information content (AvgIpc) is 3.09. The highest BCUT2D eigenvalue weighted by Gasteiger charge is 2.36. The molecule has 1 aromatic carbocycles. The van der Waals surface area contributed by atoms with Gasteiger partial charge in [0.25, 0.3) is 0 Å². The van der Waals surface area contributed by atoms with Crippen LogP contribution in [0.1, 0.15) is 32.6 Å². The lowest BCUT2D eigenvalue weighted by Crippen LogP contribution is -2.25. The summed E-state index contributed by atoms with van der Waals surface area (Å²) >= 11 is 0.955. The van der Waals surface area contributed by atoms with Gasteiger partial charge >= 0.3 is 6.18 Å². The summed E-state index contributed by atoms with van der Waals surface area (Å²) in [6, 6.07) is 8.13. The molecule has 148 valence electrons. The molecule has 28 heavy (non-hydrogen) atoms. The number of alkyl halides is 3. The Morgan fingerprint density at radius 3 is 2.54 bits per heavy atom. The Morgan fingerprint density at radius 2 is 1.86 bits per heavy atom. The van der Waals surface area contributed by atoms with Gasteiger partial charge in [-0.25, -0.2) is 14.6 Å². The largest absolute Gasteiger partial charge is 0.451 e. The van der Waals surface area contributed by atoms with Crippen LogP contribution in [0, 0.1) is 0 Å². The first-order chi connectivity index (χ1) is 13.2. The first-order valence-corrected chi connectivity index (χ1v) is 9.40. The van der Waals surface area contributed by atoms with Crippen LogP contribution < -0.4 is 5.32 Å². The molecule has 1 N–H and O–H groups in total. The number of hydrogen-bond acceptors (Lipinski definition) is 5. The maximum Gasteiger partial charge on any atom is 0.451 e. The van der Waals surface area contributed by atoms with E-state index < -0.39 is 17.3 Å². The van der Waals surface area contributed by atoms with E-state index in [0.717, 1.165) is 11.8 Å². The van der Waals surface area contributed by atoms with Crippen molar-refractivity contribution in [3.63, 3.8) is 0 Å². The maximum atomic E-state index is 13.1. The zero-order chi connectivity index (χ0) is 20.5. The SMILES string of the molecule is CC(C)n1nccc1NC(=O)[C@H](C)Sc1nc(C(F)(F)F)nc2ccccc12. The lowest BCUT2D eigenvalue weighted by molar-refractivity contribution is -0.145. The van der Waals surface area contributed by atoms with Gasteiger partial charge in [-0.3, -0.25) is 4.79 Å². The second-order valence-electron chi connectivity index (χ2n) is 6.37. The number of fused-ring (bicyclic) bond motifs is 1. The number of thioether (sulfide) groups is 1. The van der Waals surface area contributed by atoms with E-state index in [4.69, 9.17) is 0 Å². The second kappa shape index (κ2) is 7.78. The maximum absolute atomic E-state index is 13.1. The van der Waals surface area contributed by atoms with E-state index >= 15 is 0 Å². The zero-order valence-electron chi connectivity index (χ0n) is 15.4. The summed E-state index contributed by atoms with van der Waals surface area (Å²) in [5.74, 6) is -1.06. The quantitative estimate of drug-likeness (QED) is 0.495. The highest BCUT2D eigenvalue weighted by atomic mass is 32.2. The van der Waals surface area contributed by atoms with Crippen molar-refractivity contribution >= 4 is 34.4 Å². The lowest BCUT2D eigenvalue weighted by atomic mass is 10.2. The summed E-state index contributed by atoms with van der Waals surface area (Å²) < 4.78 is 41.1. The number of carbonyl (C=O) groups excluding carboxylic acids is 1. The number of para-hydroxylation sites is 1. The van der Waals surface area contributed by atoms with E-state index in [2.05, 4.69) is 20.4 Å². The first kappa shape index (κ1) is 20.1. The molecule has 2 heterocycles. The predicted octanol–water partition coefficient (Wildman–Crippen LogP) is 4.55. The molecule has 6 nitrogen and oxygen atoms in total. The van der Waals surface area contributed by atoms with Crippen LogP contribution >= 0.6 is 11.8 Å². The number of halogens is 3. The van der Waals surface area contributed by atoms with Crippen LogP contribution in [0.2, 0.25) is 0 Å². The van der Waals surface area contributed by atoms with E-state index in [9.17, 15) is 18.0 Å². The van der Waals surface area contributed by atoms with Crippen molar-refractivity contribution in [1.29, 1.82) is 0 Å². The van der Waals surface area contributed by atoms with Crippen LogP contribution in [0.3, 0.4) is 0 Å². The molecular formula is C18H18F3N5OS. The van der Waals surface area contributed by atoms with E-state index in [0.29, 0.717) is 11.2 Å². The Bertz CT molecular complexity index is 1000. The number of rotatable bonds is 5. The van der Waals surface area contributed by atoms with Gasteiger partial charge in [0.05, 0.1) is 17.0 Å². The smallest absolute Gasteiger partial charge is 0.310 e. The monoisotopic (exact) mass is 409 g/mol. The number of anilines is 1. The molecule has 10 heteroatoms. The van der Waals surface area contributed by atoms with Crippen LogP contribution in [-0.2, 0) is 11.0 Å². The van der Waals surface area contributed by atoms with Gasteiger partial charge in [-0.15, -0.1) is 0 Å². The van der Waals surface area contributed by atoms with Crippen molar-refractivity contribution in [1.82, 2.24) is 19.7 Å². The summed E-state index contributed by atoms with van der Waals surface area (Å²) in [6.07, 6.45) is -3.10. The number of aromatic nitrogens is 4. The minimum Gasteiger partial charge on any atom is -0.310 e. The molecule has 0 aliphatic rings. The van der Waals surface area contributed by atoms with E-state index in [1.54, 1.807) is 42.1 Å². The lowest BCUT2D eigenvalue weighted by Gasteiger charge is -2.16. The van der Waals surface area contributed by atoms with Crippen LogP contribution in [-0.4, -0.2) is 30.9 Å². The van der Waals surface area contributed by atoms with Crippen molar-refractivity contribution in [2.45, 2.75) is 43.3 Å². The molecule has 0 saturated carbocycles. The molecule has 0 aliphatic carbocycles. The Morgan fingerprint density at radius 1 is 1.14 bits per heavy atom. The Balaban J connectivity index is 1.87. The van der Waals surface area contributed by atoms with Crippen molar-refractivity contribution in [2.75, 3.05) is 5.32 Å². The third kappa shape index (κ3) is 4.27. The van der Waals surface area contributed by atoms with Crippen molar-refractivity contribution < 1.29 is 18.0 Å². The third-order valence-corrected chi connectivity index (χ3v) is 4.99. The van der Waals surface area contributed by atoms with Gasteiger partial charge < -0.3 is 5.32 Å². The number of hydrogen-bond donors (Lipinski definition) is 1. The average molecular weight is 409 g/mol. The molecule has 3 rings (SSSR count). The number of amides is 1. The molecule has 0 spiro atoms. The molecule has 0 fully saturated rings. The van der Waals surface area contributed by atoms with Gasteiger partial charge in [0, 0.05) is 17.5 Å². The molecule has 0 unspecified atom stereocenters. The van der Waals surface area contributed by atoms with Gasteiger partial charge in [-0.05, 0) is 26.8 Å². The number of nitrogens with one attached hydrogen (secondary N) is 1. The number of benzene rings is 1. The first-order valence-electron chi connectivity index (χ1n) is 8.52. The van der Waals surface area contributed by atoms with Gasteiger partial charge in [0.15, 0.2) is 0 Å². The van der Waals surface area contributed by atoms with Crippen molar-refractivity contribution in [3.05, 3.63) is 42.4 Å². The van der Waals surface area contributed by atoms with Crippen LogP contribution in [0.4, 0.5) is 19.0 Å². The summed E-state index contributed by atoms with van der Waals surface area (Å²) in [5.41, 5.74) is 0.179. The molecule has 1 amide bonds. The molecule has 0 saturated heterocycles. The van der Waals surface area contributed by atoms with Crippen molar-refractivity contribution in [2.24, 2.45) is 0 Å². The van der Waals surface area contributed by atoms with Crippen LogP contribution in [0.25, 0.3) is 10.9 Å². The predicted molar refractivity (Wildman–Crippen MR) is 101 cm³/mol. The number of nitrogens with zero attached hydrogens (tertiary/aromatic N) is 4. The summed E-state index contributed by atoms with van der Waals surface area (Å²) in [6.45, 7) is 5.46. The van der Waals surface area contributed by atoms with Crippen LogP contribution in [0.5, 0.6) is 0 Å².